The predicted octanol–water partition coefficient (Wildman–Crippen LogP) is 7.59. The van der Waals surface area contributed by atoms with Gasteiger partial charge >= 0.3 is 0 Å². The first kappa shape index (κ1) is 32.2. The number of hydrogen-bond acceptors (Lipinski definition) is 7. The highest BCUT2D eigenvalue weighted by atomic mass is 19.1. The summed E-state index contributed by atoms with van der Waals surface area (Å²) in [6, 6.07) is 29.0. The van der Waals surface area contributed by atoms with E-state index in [1.165, 1.54) is 6.07 Å². The molecule has 0 spiro atoms. The highest BCUT2D eigenvalue weighted by Gasteiger charge is 2.42. The van der Waals surface area contributed by atoms with E-state index in [0.29, 0.717) is 55.9 Å². The first-order chi connectivity index (χ1) is 23.7. The fourth-order valence-corrected chi connectivity index (χ4v) is 7.21. The molecule has 0 aromatic heterocycles. The first-order valence-corrected chi connectivity index (χ1v) is 16.8. The summed E-state index contributed by atoms with van der Waals surface area (Å²) in [5, 5.41) is 3.60. The number of carbonyl (C=O) groups is 2. The molecule has 49 heavy (non-hydrogen) atoms. The minimum absolute atomic E-state index is 0.0111. The number of rotatable bonds is 7. The molecule has 1 fully saturated rings. The van der Waals surface area contributed by atoms with Gasteiger partial charge in [-0.05, 0) is 78.1 Å². The molecule has 1 unspecified atom stereocenters. The Morgan fingerprint density at radius 3 is 2.33 bits per heavy atom. The van der Waals surface area contributed by atoms with E-state index in [0.717, 1.165) is 28.5 Å². The Morgan fingerprint density at radius 2 is 1.59 bits per heavy atom. The van der Waals surface area contributed by atoms with Gasteiger partial charge in [0.15, 0.2) is 17.3 Å². The zero-order chi connectivity index (χ0) is 34.1. The van der Waals surface area contributed by atoms with E-state index in [1.54, 1.807) is 31.4 Å². The molecule has 1 N–H and O–H groups in total. The van der Waals surface area contributed by atoms with Crippen molar-refractivity contribution in [3.8, 4) is 17.2 Å². The fraction of sp³-hybridized carbons (Fsp3) is 0.300. The van der Waals surface area contributed by atoms with Gasteiger partial charge in [-0.1, -0.05) is 50.2 Å². The number of amides is 1. The number of piperazine rings is 1. The molecule has 8 nitrogen and oxygen atoms in total. The minimum atomic E-state index is -0.655. The number of halogens is 1. The van der Waals surface area contributed by atoms with E-state index in [2.05, 4.69) is 24.1 Å². The number of para-hydroxylation sites is 3. The van der Waals surface area contributed by atoms with Gasteiger partial charge in [-0.25, -0.2) is 4.39 Å². The number of anilines is 3. The van der Waals surface area contributed by atoms with Gasteiger partial charge in [0.05, 0.1) is 31.1 Å². The van der Waals surface area contributed by atoms with Gasteiger partial charge in [0.1, 0.15) is 11.5 Å². The Hall–Kier alpha value is -5.31. The third-order valence-electron chi connectivity index (χ3n) is 9.62. The third kappa shape index (κ3) is 6.70. The molecule has 1 saturated heterocycles. The molecule has 1 amide bonds. The van der Waals surface area contributed by atoms with E-state index in [4.69, 9.17) is 9.47 Å². The van der Waals surface area contributed by atoms with E-state index in [9.17, 15) is 9.59 Å². The van der Waals surface area contributed by atoms with Crippen molar-refractivity contribution in [3.05, 3.63) is 120 Å². The molecule has 0 bridgehead atoms. The van der Waals surface area contributed by atoms with Crippen molar-refractivity contribution in [2.24, 2.45) is 5.41 Å². The monoisotopic (exact) mass is 660 g/mol. The highest BCUT2D eigenvalue weighted by Crippen LogP contribution is 2.48. The summed E-state index contributed by atoms with van der Waals surface area (Å²) in [5.74, 6) is 0.824. The van der Waals surface area contributed by atoms with E-state index in [-0.39, 0.29) is 29.4 Å². The van der Waals surface area contributed by atoms with Crippen LogP contribution in [0.5, 0.6) is 17.2 Å². The zero-order valence-corrected chi connectivity index (χ0v) is 28.1. The number of benzene rings is 4. The second-order valence-corrected chi connectivity index (χ2v) is 13.7. The number of nitrogens with zero attached hydrogens (tertiary/aromatic N) is 3. The summed E-state index contributed by atoms with van der Waals surface area (Å²) in [7, 11) is 1.65. The zero-order valence-electron chi connectivity index (χ0n) is 28.1. The molecular weight excluding hydrogens is 619 g/mol. The maximum absolute atomic E-state index is 15.3. The SMILES string of the molecule is COc1ccc(N2CCN(C(=O)CN3c4ccccc4NC4=C(C(=O)CC(C)(C)C4)C3c3ccc(F)c(Oc4ccccc4)c3)CC2)cc1. The van der Waals surface area contributed by atoms with Gasteiger partial charge in [0.2, 0.25) is 5.91 Å². The Kier molecular flexibility index (Phi) is 8.75. The molecule has 4 aromatic rings. The Labute approximate surface area is 286 Å². The largest absolute Gasteiger partial charge is 0.497 e. The van der Waals surface area contributed by atoms with Gasteiger partial charge in [-0.2, -0.15) is 0 Å². The quantitative estimate of drug-likeness (QED) is 0.219. The van der Waals surface area contributed by atoms with Crippen LogP contribution >= 0.6 is 0 Å². The van der Waals surface area contributed by atoms with Gasteiger partial charge in [-0.15, -0.1) is 0 Å². The number of Topliss-reactive ketones (excluding diaryl/α,β-unsaturated/α-hetero) is 1. The summed E-state index contributed by atoms with van der Waals surface area (Å²) in [4.78, 5) is 34.6. The second-order valence-electron chi connectivity index (χ2n) is 13.7. The topological polar surface area (TPSA) is 74.4 Å². The number of ether oxygens (including phenoxy) is 2. The lowest BCUT2D eigenvalue weighted by atomic mass is 9.73. The van der Waals surface area contributed by atoms with Crippen LogP contribution in [0.15, 0.2) is 108 Å². The molecule has 0 saturated carbocycles. The number of ketones is 1. The van der Waals surface area contributed by atoms with Crippen molar-refractivity contribution in [2.75, 3.05) is 55.0 Å². The third-order valence-corrected chi connectivity index (χ3v) is 9.62. The van der Waals surface area contributed by atoms with E-state index >= 15 is 4.39 Å². The van der Waals surface area contributed by atoms with Gasteiger partial charge in [0.25, 0.3) is 0 Å². The van der Waals surface area contributed by atoms with Crippen LogP contribution in [-0.4, -0.2) is 56.4 Å². The van der Waals surface area contributed by atoms with Crippen LogP contribution < -0.4 is 24.6 Å². The van der Waals surface area contributed by atoms with E-state index < -0.39 is 11.9 Å². The maximum atomic E-state index is 15.3. The van der Waals surface area contributed by atoms with Crippen molar-refractivity contribution in [1.82, 2.24) is 4.90 Å². The molecule has 1 atom stereocenters. The lowest BCUT2D eigenvalue weighted by Gasteiger charge is -2.40. The number of nitrogens with one attached hydrogen (secondary N) is 1. The minimum Gasteiger partial charge on any atom is -0.497 e. The molecule has 2 aliphatic heterocycles. The number of carbonyl (C=O) groups excluding carboxylic acids is 2. The number of methoxy groups -OCH3 is 1. The van der Waals surface area contributed by atoms with Crippen LogP contribution in [0.3, 0.4) is 0 Å². The lowest BCUT2D eigenvalue weighted by Crippen LogP contribution is -2.52. The molecule has 0 radical (unpaired) electrons. The van der Waals surface area contributed by atoms with Crippen LogP contribution in [-0.2, 0) is 9.59 Å². The maximum Gasteiger partial charge on any atom is 0.242 e. The van der Waals surface area contributed by atoms with Crippen molar-refractivity contribution in [2.45, 2.75) is 32.7 Å². The average molecular weight is 661 g/mol. The number of allylic oxidation sites excluding steroid dienone is 1. The van der Waals surface area contributed by atoms with Gasteiger partial charge in [0, 0.05) is 49.6 Å². The molecule has 2 heterocycles. The molecule has 1 aliphatic carbocycles. The molecule has 7 rings (SSSR count). The number of fused-ring (bicyclic) bond motifs is 1. The van der Waals surface area contributed by atoms with Crippen molar-refractivity contribution in [3.63, 3.8) is 0 Å². The molecule has 4 aromatic carbocycles. The molecular formula is C40H41FN4O4. The molecule has 9 heteroatoms. The standard InChI is InChI=1S/C40H41FN4O4/c1-40(2)24-33-38(35(46)25-40)39(27-13-18-31(41)36(23-27)49-30-9-5-4-6-10-30)45(34-12-8-7-11-32(34)42-33)26-37(47)44-21-19-43(20-22-44)28-14-16-29(48-3)17-15-28/h4-18,23,39,42H,19-22,24-26H2,1-3H3. The molecule has 3 aliphatic rings. The van der Waals surface area contributed by atoms with Gasteiger partial charge < -0.3 is 29.5 Å². The summed E-state index contributed by atoms with van der Waals surface area (Å²) in [6.45, 7) is 6.75. The Morgan fingerprint density at radius 1 is 0.878 bits per heavy atom. The fourth-order valence-electron chi connectivity index (χ4n) is 7.21. The summed E-state index contributed by atoms with van der Waals surface area (Å²) in [6.07, 6.45) is 1.02. The van der Waals surface area contributed by atoms with Crippen molar-refractivity contribution < 1.29 is 23.5 Å². The highest BCUT2D eigenvalue weighted by molar-refractivity contribution is 6.02. The number of hydrogen-bond donors (Lipinski definition) is 1. The second kappa shape index (κ2) is 13.3. The van der Waals surface area contributed by atoms with Crippen LogP contribution in [0.4, 0.5) is 21.5 Å². The van der Waals surface area contributed by atoms with Crippen LogP contribution in [0.2, 0.25) is 0 Å². The van der Waals surface area contributed by atoms with Gasteiger partial charge in [-0.3, -0.25) is 9.59 Å². The average Bonchev–Trinajstić information content (AvgIpc) is 3.23. The lowest BCUT2D eigenvalue weighted by molar-refractivity contribution is -0.130. The predicted molar refractivity (Wildman–Crippen MR) is 190 cm³/mol. The van der Waals surface area contributed by atoms with E-state index in [1.807, 2.05) is 76.5 Å². The first-order valence-electron chi connectivity index (χ1n) is 16.8. The normalized spacial score (nSPS) is 18.7. The van der Waals surface area contributed by atoms with Crippen molar-refractivity contribution >= 4 is 28.8 Å². The Bertz CT molecular complexity index is 1880. The van der Waals surface area contributed by atoms with Crippen molar-refractivity contribution in [1.29, 1.82) is 0 Å². The summed E-state index contributed by atoms with van der Waals surface area (Å²) < 4.78 is 26.6. The van der Waals surface area contributed by atoms with Crippen LogP contribution in [0.25, 0.3) is 0 Å². The van der Waals surface area contributed by atoms with Crippen LogP contribution in [0.1, 0.15) is 38.3 Å². The molecule has 252 valence electrons. The van der Waals surface area contributed by atoms with Crippen LogP contribution in [0, 0.1) is 11.2 Å². The Balaban J connectivity index is 1.24. The summed E-state index contributed by atoms with van der Waals surface area (Å²) in [5.41, 5.74) is 4.56. The summed E-state index contributed by atoms with van der Waals surface area (Å²) >= 11 is 0. The smallest absolute Gasteiger partial charge is 0.242 e.